The summed E-state index contributed by atoms with van der Waals surface area (Å²) in [5.74, 6) is 0.948. The zero-order valence-corrected chi connectivity index (χ0v) is 14.8. The monoisotopic (exact) mass is 368 g/mol. The fraction of sp³-hybridized carbons (Fsp3) is 0.167. The van der Waals surface area contributed by atoms with Crippen LogP contribution in [0.2, 0.25) is 0 Å². The van der Waals surface area contributed by atoms with Crippen molar-refractivity contribution >= 4 is 22.1 Å². The van der Waals surface area contributed by atoms with Crippen LogP contribution in [0.25, 0.3) is 0 Å². The lowest BCUT2D eigenvalue weighted by molar-refractivity contribution is 0.415. The molecular formula is C18H16N4O3S. The molecule has 0 unspecified atom stereocenters. The van der Waals surface area contributed by atoms with Gasteiger partial charge in [0.15, 0.2) is 5.84 Å². The minimum atomic E-state index is -3.74. The minimum Gasteiger partial charge on any atom is -0.497 e. The molecule has 0 atom stereocenters. The predicted octanol–water partition coefficient (Wildman–Crippen LogP) is 2.39. The van der Waals surface area contributed by atoms with Crippen molar-refractivity contribution in [3.05, 3.63) is 59.7 Å². The highest BCUT2D eigenvalue weighted by Crippen LogP contribution is 2.27. The smallest absolute Gasteiger partial charge is 0.285 e. The number of amidine groups is 1. The standard InChI is InChI=1S/C18H16N4O3S/c1-25-15-9-7-14(8-10-15)13-20-22(12-4-11-19)18-16-5-2-3-6-17(16)26(23,24)21-18/h2-3,5-10,13H,4,12H2,1H3. The summed E-state index contributed by atoms with van der Waals surface area (Å²) in [5.41, 5.74) is 1.29. The van der Waals surface area contributed by atoms with Crippen LogP contribution in [-0.2, 0) is 10.0 Å². The average Bonchev–Trinajstić information content (AvgIpc) is 2.94. The van der Waals surface area contributed by atoms with E-state index < -0.39 is 10.0 Å². The van der Waals surface area contributed by atoms with E-state index in [1.807, 2.05) is 18.2 Å². The van der Waals surface area contributed by atoms with Gasteiger partial charge in [0, 0.05) is 5.56 Å². The van der Waals surface area contributed by atoms with Crippen LogP contribution in [0.3, 0.4) is 0 Å². The van der Waals surface area contributed by atoms with Crippen molar-refractivity contribution in [2.75, 3.05) is 13.7 Å². The van der Waals surface area contributed by atoms with E-state index in [4.69, 9.17) is 10.00 Å². The summed E-state index contributed by atoms with van der Waals surface area (Å²) in [6.45, 7) is 0.228. The van der Waals surface area contributed by atoms with Gasteiger partial charge in [-0.3, -0.25) is 0 Å². The largest absolute Gasteiger partial charge is 0.497 e. The third-order valence-electron chi connectivity index (χ3n) is 3.75. The maximum atomic E-state index is 12.2. The maximum absolute atomic E-state index is 12.2. The number of nitrogens with zero attached hydrogens (tertiary/aromatic N) is 4. The molecule has 0 saturated heterocycles. The maximum Gasteiger partial charge on any atom is 0.285 e. The highest BCUT2D eigenvalue weighted by molar-refractivity contribution is 7.90. The van der Waals surface area contributed by atoms with E-state index in [1.165, 1.54) is 11.1 Å². The third kappa shape index (κ3) is 3.58. The van der Waals surface area contributed by atoms with E-state index in [1.54, 1.807) is 43.7 Å². The van der Waals surface area contributed by atoms with Crippen molar-refractivity contribution in [2.45, 2.75) is 11.3 Å². The Balaban J connectivity index is 1.94. The summed E-state index contributed by atoms with van der Waals surface area (Å²) in [4.78, 5) is 0.150. The molecule has 0 fully saturated rings. The molecule has 0 aliphatic carbocycles. The van der Waals surface area contributed by atoms with Crippen molar-refractivity contribution in [3.8, 4) is 11.8 Å². The number of nitriles is 1. The second kappa shape index (κ2) is 7.37. The number of ether oxygens (including phenoxy) is 1. The normalized spacial score (nSPS) is 14.5. The SMILES string of the molecule is COc1ccc(C=NN(CCC#N)C2=NS(=O)(=O)c3ccccc32)cc1. The number of hydrazone groups is 1. The zero-order chi connectivity index (χ0) is 18.6. The average molecular weight is 368 g/mol. The Morgan fingerprint density at radius 3 is 2.65 bits per heavy atom. The molecular weight excluding hydrogens is 352 g/mol. The van der Waals surface area contributed by atoms with E-state index in [-0.39, 0.29) is 23.7 Å². The molecule has 7 nitrogen and oxygen atoms in total. The van der Waals surface area contributed by atoms with Gasteiger partial charge in [-0.15, -0.1) is 4.40 Å². The first-order chi connectivity index (χ1) is 12.5. The first kappa shape index (κ1) is 17.6. The molecule has 0 spiro atoms. The second-order valence-corrected chi connectivity index (χ2v) is 7.01. The number of fused-ring (bicyclic) bond motifs is 1. The van der Waals surface area contributed by atoms with Gasteiger partial charge in [0.2, 0.25) is 0 Å². The van der Waals surface area contributed by atoms with Crippen molar-refractivity contribution in [2.24, 2.45) is 9.50 Å². The Morgan fingerprint density at radius 2 is 1.96 bits per heavy atom. The summed E-state index contributed by atoms with van der Waals surface area (Å²) in [6, 6.07) is 15.9. The first-order valence-electron chi connectivity index (χ1n) is 7.82. The van der Waals surface area contributed by atoms with Crippen LogP contribution in [0.5, 0.6) is 5.75 Å². The Morgan fingerprint density at radius 1 is 1.23 bits per heavy atom. The Bertz CT molecular complexity index is 1010. The Hall–Kier alpha value is -3.18. The molecule has 132 valence electrons. The summed E-state index contributed by atoms with van der Waals surface area (Å²) < 4.78 is 33.5. The molecule has 0 aromatic heterocycles. The molecule has 0 saturated carbocycles. The lowest BCUT2D eigenvalue weighted by atomic mass is 10.2. The van der Waals surface area contributed by atoms with Gasteiger partial charge in [0.25, 0.3) is 10.0 Å². The van der Waals surface area contributed by atoms with E-state index in [2.05, 4.69) is 9.50 Å². The molecule has 0 amide bonds. The Labute approximate surface area is 151 Å². The molecule has 2 aromatic rings. The molecule has 1 aliphatic rings. The quantitative estimate of drug-likeness (QED) is 0.596. The van der Waals surface area contributed by atoms with Crippen LogP contribution >= 0.6 is 0 Å². The highest BCUT2D eigenvalue weighted by atomic mass is 32.2. The lowest BCUT2D eigenvalue weighted by Crippen LogP contribution is -2.27. The molecule has 3 rings (SSSR count). The molecule has 1 heterocycles. The minimum absolute atomic E-state index is 0.150. The first-order valence-corrected chi connectivity index (χ1v) is 9.26. The number of sulfonamides is 1. The van der Waals surface area contributed by atoms with Gasteiger partial charge in [-0.1, -0.05) is 12.1 Å². The predicted molar refractivity (Wildman–Crippen MR) is 97.7 cm³/mol. The van der Waals surface area contributed by atoms with Crippen LogP contribution in [0.4, 0.5) is 0 Å². The van der Waals surface area contributed by atoms with E-state index in [0.29, 0.717) is 5.56 Å². The topological polar surface area (TPSA) is 95.1 Å². The zero-order valence-electron chi connectivity index (χ0n) is 14.0. The number of hydrogen-bond donors (Lipinski definition) is 0. The number of rotatable bonds is 5. The molecule has 2 aromatic carbocycles. The summed E-state index contributed by atoms with van der Waals surface area (Å²) >= 11 is 0. The fourth-order valence-electron chi connectivity index (χ4n) is 2.48. The summed E-state index contributed by atoms with van der Waals surface area (Å²) in [6.07, 6.45) is 1.77. The van der Waals surface area contributed by atoms with Crippen LogP contribution in [0.1, 0.15) is 17.5 Å². The third-order valence-corrected chi connectivity index (χ3v) is 5.08. The number of methoxy groups -OCH3 is 1. The van der Waals surface area contributed by atoms with Crippen LogP contribution in [0.15, 0.2) is 62.9 Å². The van der Waals surface area contributed by atoms with Crippen molar-refractivity contribution in [1.29, 1.82) is 5.26 Å². The fourth-order valence-corrected chi connectivity index (χ4v) is 3.68. The van der Waals surface area contributed by atoms with Gasteiger partial charge in [-0.25, -0.2) is 5.01 Å². The molecule has 8 heteroatoms. The molecule has 1 aliphatic heterocycles. The van der Waals surface area contributed by atoms with E-state index in [9.17, 15) is 8.42 Å². The summed E-state index contributed by atoms with van der Waals surface area (Å²) in [7, 11) is -2.16. The highest BCUT2D eigenvalue weighted by Gasteiger charge is 2.31. The van der Waals surface area contributed by atoms with Gasteiger partial charge in [-0.05, 0) is 42.0 Å². The molecule has 0 radical (unpaired) electrons. The van der Waals surface area contributed by atoms with E-state index in [0.717, 1.165) is 11.3 Å². The molecule has 0 N–H and O–H groups in total. The van der Waals surface area contributed by atoms with E-state index >= 15 is 0 Å². The molecule has 26 heavy (non-hydrogen) atoms. The second-order valence-electron chi connectivity index (χ2n) is 5.44. The molecule has 0 bridgehead atoms. The van der Waals surface area contributed by atoms with Crippen molar-refractivity contribution < 1.29 is 13.2 Å². The number of hydrogen-bond acceptors (Lipinski definition) is 6. The van der Waals surface area contributed by atoms with Crippen LogP contribution in [0, 0.1) is 11.3 Å². The van der Waals surface area contributed by atoms with Crippen LogP contribution < -0.4 is 4.74 Å². The lowest BCUT2D eigenvalue weighted by Gasteiger charge is -2.17. The van der Waals surface area contributed by atoms with Gasteiger partial charge < -0.3 is 4.74 Å². The van der Waals surface area contributed by atoms with Crippen molar-refractivity contribution in [3.63, 3.8) is 0 Å². The van der Waals surface area contributed by atoms with Gasteiger partial charge in [-0.2, -0.15) is 18.8 Å². The Kier molecular flexibility index (Phi) is 5.00. The van der Waals surface area contributed by atoms with Crippen LogP contribution in [-0.4, -0.2) is 39.1 Å². The van der Waals surface area contributed by atoms with Gasteiger partial charge >= 0.3 is 0 Å². The number of benzene rings is 2. The summed E-state index contributed by atoms with van der Waals surface area (Å²) in [5, 5.41) is 14.7. The van der Waals surface area contributed by atoms with Gasteiger partial charge in [0.1, 0.15) is 10.6 Å². The van der Waals surface area contributed by atoms with Crippen molar-refractivity contribution in [1.82, 2.24) is 5.01 Å². The van der Waals surface area contributed by atoms with Gasteiger partial charge in [0.05, 0.1) is 32.4 Å².